The minimum absolute atomic E-state index is 0.0470. The van der Waals surface area contributed by atoms with Crippen molar-refractivity contribution in [2.24, 2.45) is 23.2 Å². The molecule has 42 heavy (non-hydrogen) atoms. The van der Waals surface area contributed by atoms with Crippen LogP contribution in [0.15, 0.2) is 99.6 Å². The number of esters is 1. The van der Waals surface area contributed by atoms with E-state index in [9.17, 15) is 26.5 Å². The van der Waals surface area contributed by atoms with E-state index in [1.165, 1.54) is 9.79 Å². The lowest BCUT2D eigenvalue weighted by Gasteiger charge is -2.58. The highest BCUT2D eigenvalue weighted by Gasteiger charge is 2.61. The second-order valence-electron chi connectivity index (χ2n) is 11.8. The van der Waals surface area contributed by atoms with E-state index in [2.05, 4.69) is 36.4 Å². The Labute approximate surface area is 247 Å². The van der Waals surface area contributed by atoms with Crippen molar-refractivity contribution in [3.05, 3.63) is 84.9 Å². The van der Waals surface area contributed by atoms with E-state index in [0.29, 0.717) is 19.3 Å². The molecule has 4 aliphatic carbocycles. The van der Waals surface area contributed by atoms with Crippen LogP contribution in [0.2, 0.25) is 0 Å². The molecule has 0 saturated heterocycles. The predicted molar refractivity (Wildman–Crippen MR) is 152 cm³/mol. The Balaban J connectivity index is 1.17. The molecule has 3 aromatic rings. The first kappa shape index (κ1) is 29.1. The summed E-state index contributed by atoms with van der Waals surface area (Å²) >= 11 is 0. The van der Waals surface area contributed by atoms with Crippen molar-refractivity contribution in [3.63, 3.8) is 0 Å². The number of carbonyl (C=O) groups excluding carboxylic acids is 1. The Morgan fingerprint density at radius 1 is 0.881 bits per heavy atom. The van der Waals surface area contributed by atoms with Crippen LogP contribution < -0.4 is 4.74 Å². The molecule has 0 heterocycles. The summed E-state index contributed by atoms with van der Waals surface area (Å²) in [7, 11) is -6.25. The number of hydrogen-bond acceptors (Lipinski definition) is 6. The molecule has 3 aromatic carbocycles. The zero-order valence-electron chi connectivity index (χ0n) is 23.0. The Bertz CT molecular complexity index is 1480. The molecule has 6 nitrogen and oxygen atoms in total. The van der Waals surface area contributed by atoms with E-state index in [4.69, 9.17) is 9.47 Å². The largest absolute Gasteiger partial charge is 0.743 e. The van der Waals surface area contributed by atoms with Gasteiger partial charge in [0.2, 0.25) is 0 Å². The van der Waals surface area contributed by atoms with E-state index in [1.54, 1.807) is 0 Å². The topological polar surface area (TPSA) is 92.7 Å². The maximum Gasteiger partial charge on any atom is 0.369 e. The second-order valence-corrected chi connectivity index (χ2v) is 15.3. The minimum Gasteiger partial charge on any atom is -0.743 e. The summed E-state index contributed by atoms with van der Waals surface area (Å²) in [6, 6.07) is 28.9. The van der Waals surface area contributed by atoms with Crippen molar-refractivity contribution in [2.75, 3.05) is 0 Å². The SMILES string of the molecule is CC(OC(=O)C12CC3CC(C1)C(Oc1ccc([S+](c4ccccc4)c4ccccc4)cc1)C(C3)C2)C(F)(F)S(=O)(=O)[O-]. The van der Waals surface area contributed by atoms with Gasteiger partial charge in [-0.3, -0.25) is 4.79 Å². The summed E-state index contributed by atoms with van der Waals surface area (Å²) < 4.78 is 72.7. The highest BCUT2D eigenvalue weighted by atomic mass is 32.2. The summed E-state index contributed by atoms with van der Waals surface area (Å²) in [4.78, 5) is 16.8. The average molecular weight is 615 g/mol. The van der Waals surface area contributed by atoms with E-state index in [1.807, 2.05) is 48.5 Å². The summed E-state index contributed by atoms with van der Waals surface area (Å²) in [5, 5.41) is -4.69. The Hall–Kier alpha value is -2.95. The van der Waals surface area contributed by atoms with Gasteiger partial charge in [0.05, 0.1) is 16.3 Å². The van der Waals surface area contributed by atoms with Crippen molar-refractivity contribution in [1.82, 2.24) is 0 Å². The first-order valence-corrected chi connectivity index (χ1v) is 16.8. The highest BCUT2D eigenvalue weighted by Crippen LogP contribution is 2.61. The van der Waals surface area contributed by atoms with Crippen LogP contribution in [0.1, 0.15) is 39.0 Å². The van der Waals surface area contributed by atoms with Gasteiger partial charge in [-0.2, -0.15) is 8.78 Å². The maximum absolute atomic E-state index is 14.0. The molecule has 3 atom stereocenters. The monoisotopic (exact) mass is 614 g/mol. The van der Waals surface area contributed by atoms with Gasteiger partial charge >= 0.3 is 11.2 Å². The molecule has 4 fully saturated rings. The van der Waals surface area contributed by atoms with Crippen molar-refractivity contribution in [3.8, 4) is 5.75 Å². The zero-order valence-corrected chi connectivity index (χ0v) is 24.7. The van der Waals surface area contributed by atoms with Crippen molar-refractivity contribution in [2.45, 2.75) is 71.2 Å². The molecule has 0 aromatic heterocycles. The van der Waals surface area contributed by atoms with Gasteiger partial charge in [-0.1, -0.05) is 36.4 Å². The van der Waals surface area contributed by atoms with Crippen molar-refractivity contribution in [1.29, 1.82) is 0 Å². The molecule has 0 amide bonds. The van der Waals surface area contributed by atoms with Gasteiger partial charge < -0.3 is 14.0 Å². The van der Waals surface area contributed by atoms with E-state index >= 15 is 0 Å². The lowest BCUT2D eigenvalue weighted by Crippen LogP contribution is -2.58. The molecule has 0 radical (unpaired) electrons. The molecule has 4 saturated carbocycles. The number of hydrogen-bond donors (Lipinski definition) is 0. The highest BCUT2D eigenvalue weighted by molar-refractivity contribution is 7.97. The van der Waals surface area contributed by atoms with Gasteiger partial charge in [0, 0.05) is 0 Å². The molecule has 222 valence electrons. The molecule has 0 N–H and O–H groups in total. The Kier molecular flexibility index (Phi) is 7.60. The average Bonchev–Trinajstić information content (AvgIpc) is 2.96. The molecule has 4 aliphatic rings. The third-order valence-corrected chi connectivity index (χ3v) is 12.2. The van der Waals surface area contributed by atoms with Gasteiger partial charge in [-0.15, -0.1) is 0 Å². The van der Waals surface area contributed by atoms with Crippen LogP contribution in [0.3, 0.4) is 0 Å². The van der Waals surface area contributed by atoms with E-state index in [-0.39, 0.29) is 34.8 Å². The van der Waals surface area contributed by atoms with Crippen LogP contribution in [0.25, 0.3) is 0 Å². The zero-order chi connectivity index (χ0) is 29.7. The predicted octanol–water partition coefficient (Wildman–Crippen LogP) is 6.43. The fourth-order valence-electron chi connectivity index (χ4n) is 7.31. The van der Waals surface area contributed by atoms with Gasteiger partial charge in [0.15, 0.2) is 30.9 Å². The Morgan fingerprint density at radius 3 is 1.88 bits per heavy atom. The molecule has 3 unspecified atom stereocenters. The minimum atomic E-state index is -5.97. The van der Waals surface area contributed by atoms with Gasteiger partial charge in [-0.05, 0) is 105 Å². The van der Waals surface area contributed by atoms with Crippen LogP contribution in [-0.2, 0) is 30.5 Å². The van der Waals surface area contributed by atoms with Crippen LogP contribution in [-0.4, -0.2) is 36.4 Å². The van der Waals surface area contributed by atoms with E-state index in [0.717, 1.165) is 30.4 Å². The Morgan fingerprint density at radius 2 is 1.38 bits per heavy atom. The van der Waals surface area contributed by atoms with Gasteiger partial charge in [0.1, 0.15) is 11.9 Å². The number of halogens is 2. The van der Waals surface area contributed by atoms with Crippen molar-refractivity contribution < 1.29 is 36.0 Å². The first-order chi connectivity index (χ1) is 20.0. The summed E-state index contributed by atoms with van der Waals surface area (Å²) in [5.74, 6) is 0.243. The molecule has 0 aliphatic heterocycles. The molecule has 10 heteroatoms. The lowest BCUT2D eigenvalue weighted by molar-refractivity contribution is -0.194. The van der Waals surface area contributed by atoms with Crippen LogP contribution in [0.4, 0.5) is 8.78 Å². The second kappa shape index (κ2) is 11.0. The fraction of sp³-hybridized carbons (Fsp3) is 0.406. The van der Waals surface area contributed by atoms with Gasteiger partial charge in [0.25, 0.3) is 0 Å². The van der Waals surface area contributed by atoms with Crippen LogP contribution in [0.5, 0.6) is 5.75 Å². The van der Waals surface area contributed by atoms with Crippen LogP contribution in [0, 0.1) is 23.2 Å². The molecular formula is C32H32F2O6S2. The summed E-state index contributed by atoms with van der Waals surface area (Å²) in [6.07, 6.45) is 0.647. The number of ether oxygens (including phenoxy) is 2. The van der Waals surface area contributed by atoms with E-state index < -0.39 is 32.9 Å². The number of benzene rings is 3. The van der Waals surface area contributed by atoms with Gasteiger partial charge in [-0.25, -0.2) is 8.42 Å². The third kappa shape index (κ3) is 5.33. The number of alkyl halides is 2. The number of carbonyl (C=O) groups is 1. The third-order valence-electron chi connectivity index (χ3n) is 9.00. The first-order valence-electron chi connectivity index (χ1n) is 14.1. The summed E-state index contributed by atoms with van der Waals surface area (Å²) in [6.45, 7) is 0.754. The quantitative estimate of drug-likeness (QED) is 0.157. The van der Waals surface area contributed by atoms with Crippen LogP contribution >= 0.6 is 0 Å². The molecule has 0 spiro atoms. The normalized spacial score (nSPS) is 27.5. The lowest BCUT2D eigenvalue weighted by atomic mass is 9.48. The smallest absolute Gasteiger partial charge is 0.369 e. The number of rotatable bonds is 9. The maximum atomic E-state index is 14.0. The summed E-state index contributed by atoms with van der Waals surface area (Å²) in [5.41, 5.74) is -0.961. The molecular weight excluding hydrogens is 582 g/mol. The fourth-order valence-corrected chi connectivity index (χ4v) is 9.85. The standard InChI is InChI=1S/C32H32F2O6S2/c1-21(32(33,34)42(36,37)38)39-30(35)31-18-22-16-23(19-31)29(24(17-22)20-31)40-25-12-14-28(15-13-25)41(26-8-4-2-5-9-26)27-10-6-3-7-11-27/h2-15,21-24,29H,16-20H2,1H3. The molecule has 7 rings (SSSR count). The van der Waals surface area contributed by atoms with Crippen molar-refractivity contribution >= 4 is 27.0 Å². The molecule has 4 bridgehead atoms.